The Morgan fingerprint density at radius 2 is 0.803 bits per heavy atom. The summed E-state index contributed by atoms with van der Waals surface area (Å²) in [6.07, 6.45) is 0. The zero-order valence-corrected chi connectivity index (χ0v) is 32.8. The van der Waals surface area contributed by atoms with E-state index >= 15 is 0 Å². The molecule has 0 aliphatic carbocycles. The van der Waals surface area contributed by atoms with Crippen LogP contribution in [0.3, 0.4) is 0 Å². The Morgan fingerprint density at radius 1 is 0.295 bits per heavy atom. The van der Waals surface area contributed by atoms with Gasteiger partial charge in [-0.15, -0.1) is 0 Å². The average Bonchev–Trinajstić information content (AvgIpc) is 3.79. The summed E-state index contributed by atoms with van der Waals surface area (Å²) in [7, 11) is 0. The van der Waals surface area contributed by atoms with Gasteiger partial charge in [0.15, 0.2) is 23.1 Å². The molecule has 2 heterocycles. The predicted octanol–water partition coefficient (Wildman–Crippen LogP) is 14.6. The highest BCUT2D eigenvalue weighted by atomic mass is 16.3. The second kappa shape index (κ2) is 14.2. The normalized spacial score (nSPS) is 11.6. The monoisotopic (exact) mass is 778 g/mol. The fourth-order valence-corrected chi connectivity index (χ4v) is 8.79. The molecule has 0 aliphatic rings. The first-order valence-corrected chi connectivity index (χ1v) is 20.5. The van der Waals surface area contributed by atoms with Gasteiger partial charge in [0, 0.05) is 33.0 Å². The van der Waals surface area contributed by atoms with Gasteiger partial charge in [-0.3, -0.25) is 0 Å². The van der Waals surface area contributed by atoms with Crippen LogP contribution >= 0.6 is 0 Å². The molecule has 0 fully saturated rings. The number of aromatic nitrogens is 4. The Bertz CT molecular complexity index is 3580. The third-order valence-electron chi connectivity index (χ3n) is 11.7. The van der Waals surface area contributed by atoms with Crippen molar-refractivity contribution in [2.45, 2.75) is 0 Å². The zero-order chi connectivity index (χ0) is 40.3. The van der Waals surface area contributed by atoms with E-state index in [1.54, 1.807) is 0 Å². The van der Waals surface area contributed by atoms with Crippen LogP contribution in [0.5, 0.6) is 0 Å². The maximum atomic E-state index is 6.64. The predicted molar refractivity (Wildman–Crippen MR) is 250 cm³/mol. The molecular formula is C56H34N4O. The molecule has 12 aromatic rings. The molecule has 12 rings (SSSR count). The Balaban J connectivity index is 1.12. The summed E-state index contributed by atoms with van der Waals surface area (Å²) in [4.78, 5) is 21.0. The average molecular weight is 779 g/mol. The highest BCUT2D eigenvalue weighted by Crippen LogP contribution is 2.41. The lowest BCUT2D eigenvalue weighted by Crippen LogP contribution is -2.01. The SMILES string of the molecule is c1ccc(-c2cc(-c3ccccc3)cc(-c3nc(-c4cccc5ccccc45)nc(-c4cccc5c4ccc4ccc6ccc7nc(-c8ccccc8)oc7c6c45)n3)c2)cc1. The van der Waals surface area contributed by atoms with E-state index < -0.39 is 0 Å². The van der Waals surface area contributed by atoms with Crippen molar-refractivity contribution in [2.75, 3.05) is 0 Å². The van der Waals surface area contributed by atoms with Crippen molar-refractivity contribution in [1.82, 2.24) is 19.9 Å². The topological polar surface area (TPSA) is 64.7 Å². The van der Waals surface area contributed by atoms with Crippen molar-refractivity contribution in [2.24, 2.45) is 0 Å². The highest BCUT2D eigenvalue weighted by molar-refractivity contribution is 6.27. The molecule has 0 atom stereocenters. The molecule has 0 spiro atoms. The summed E-state index contributed by atoms with van der Waals surface area (Å²) in [5.74, 6) is 2.42. The van der Waals surface area contributed by atoms with Crippen LogP contribution in [-0.2, 0) is 0 Å². The van der Waals surface area contributed by atoms with Gasteiger partial charge in [0.1, 0.15) is 5.52 Å². The number of oxazole rings is 1. The van der Waals surface area contributed by atoms with Crippen LogP contribution in [-0.4, -0.2) is 19.9 Å². The Kier molecular flexibility index (Phi) is 8.10. The molecule has 0 amide bonds. The Labute approximate surface area is 351 Å². The van der Waals surface area contributed by atoms with Crippen molar-refractivity contribution in [3.8, 4) is 67.9 Å². The third-order valence-corrected chi connectivity index (χ3v) is 11.7. The van der Waals surface area contributed by atoms with Crippen molar-refractivity contribution < 1.29 is 4.42 Å². The van der Waals surface area contributed by atoms with Crippen molar-refractivity contribution in [3.05, 3.63) is 206 Å². The molecular weight excluding hydrogens is 745 g/mol. The molecule has 0 radical (unpaired) electrons. The van der Waals surface area contributed by atoms with Gasteiger partial charge < -0.3 is 4.42 Å². The smallest absolute Gasteiger partial charge is 0.227 e. The van der Waals surface area contributed by atoms with Crippen LogP contribution in [0.4, 0.5) is 0 Å². The zero-order valence-electron chi connectivity index (χ0n) is 32.8. The van der Waals surface area contributed by atoms with Gasteiger partial charge >= 0.3 is 0 Å². The molecule has 0 N–H and O–H groups in total. The molecule has 5 nitrogen and oxygen atoms in total. The van der Waals surface area contributed by atoms with Gasteiger partial charge in [0.25, 0.3) is 0 Å². The standard InChI is InChI=1S/C56H34N4O/c1-4-14-35(15-5-1)41-32-42(36-16-6-2-7-17-36)34-43(33-41)53-58-54(47-24-12-21-37-18-10-11-22-44(37)47)60-55(59-53)48-25-13-23-46-45(48)30-28-38-26-27-39-29-31-49-52(51(39)50(38)46)61-56(57-49)40-19-8-3-9-20-40/h1-34H. The van der Waals surface area contributed by atoms with E-state index in [9.17, 15) is 0 Å². The first-order valence-electron chi connectivity index (χ1n) is 20.5. The van der Waals surface area contributed by atoms with E-state index in [0.717, 1.165) is 98.7 Å². The van der Waals surface area contributed by atoms with Gasteiger partial charge in [0.2, 0.25) is 5.89 Å². The molecule has 284 valence electrons. The largest absolute Gasteiger partial charge is 0.435 e. The molecule has 5 heteroatoms. The lowest BCUT2D eigenvalue weighted by atomic mass is 9.93. The van der Waals surface area contributed by atoms with Crippen LogP contribution < -0.4 is 0 Å². The molecule has 0 saturated heterocycles. The van der Waals surface area contributed by atoms with E-state index in [1.165, 1.54) is 0 Å². The number of hydrogen-bond acceptors (Lipinski definition) is 5. The van der Waals surface area contributed by atoms with Gasteiger partial charge in [-0.1, -0.05) is 170 Å². The summed E-state index contributed by atoms with van der Waals surface area (Å²) in [5, 5.41) is 8.65. The first-order chi connectivity index (χ1) is 30.2. The van der Waals surface area contributed by atoms with Gasteiger partial charge in [-0.2, -0.15) is 0 Å². The molecule has 0 saturated carbocycles. The second-order valence-electron chi connectivity index (χ2n) is 15.4. The number of nitrogens with zero attached hydrogens (tertiary/aromatic N) is 4. The minimum atomic E-state index is 0.598. The maximum Gasteiger partial charge on any atom is 0.227 e. The van der Waals surface area contributed by atoms with Crippen molar-refractivity contribution >= 4 is 54.2 Å². The Morgan fingerprint density at radius 3 is 1.51 bits per heavy atom. The highest BCUT2D eigenvalue weighted by Gasteiger charge is 2.20. The van der Waals surface area contributed by atoms with E-state index in [4.69, 9.17) is 24.4 Å². The van der Waals surface area contributed by atoms with Crippen LogP contribution in [0.15, 0.2) is 211 Å². The summed E-state index contributed by atoms with van der Waals surface area (Å²) in [6, 6.07) is 71.8. The minimum absolute atomic E-state index is 0.598. The maximum absolute atomic E-state index is 6.64. The van der Waals surface area contributed by atoms with Crippen LogP contribution in [0.1, 0.15) is 0 Å². The lowest BCUT2D eigenvalue weighted by molar-refractivity contribution is 0.623. The van der Waals surface area contributed by atoms with Gasteiger partial charge in [-0.25, -0.2) is 19.9 Å². The van der Waals surface area contributed by atoms with E-state index in [1.807, 2.05) is 48.5 Å². The molecule has 61 heavy (non-hydrogen) atoms. The minimum Gasteiger partial charge on any atom is -0.435 e. The van der Waals surface area contributed by atoms with Crippen LogP contribution in [0.25, 0.3) is 122 Å². The third kappa shape index (κ3) is 6.02. The number of fused-ring (bicyclic) bond motifs is 8. The van der Waals surface area contributed by atoms with E-state index in [2.05, 4.69) is 158 Å². The molecule has 0 aliphatic heterocycles. The summed E-state index contributed by atoms with van der Waals surface area (Å²) in [5.41, 5.74) is 9.72. The number of benzene rings is 10. The van der Waals surface area contributed by atoms with E-state index in [0.29, 0.717) is 23.4 Å². The quantitative estimate of drug-likeness (QED) is 0.157. The van der Waals surface area contributed by atoms with Gasteiger partial charge in [-0.05, 0) is 91.0 Å². The fourth-order valence-electron chi connectivity index (χ4n) is 8.79. The molecule has 10 aromatic carbocycles. The summed E-state index contributed by atoms with van der Waals surface area (Å²) < 4.78 is 6.64. The summed E-state index contributed by atoms with van der Waals surface area (Å²) >= 11 is 0. The van der Waals surface area contributed by atoms with Crippen LogP contribution in [0.2, 0.25) is 0 Å². The number of hydrogen-bond donors (Lipinski definition) is 0. The van der Waals surface area contributed by atoms with Gasteiger partial charge in [0.05, 0.1) is 0 Å². The van der Waals surface area contributed by atoms with Crippen molar-refractivity contribution in [1.29, 1.82) is 0 Å². The van der Waals surface area contributed by atoms with E-state index in [-0.39, 0.29) is 0 Å². The first kappa shape index (κ1) is 34.7. The summed E-state index contributed by atoms with van der Waals surface area (Å²) in [6.45, 7) is 0. The van der Waals surface area contributed by atoms with Crippen molar-refractivity contribution in [3.63, 3.8) is 0 Å². The molecule has 0 bridgehead atoms. The lowest BCUT2D eigenvalue weighted by Gasteiger charge is -2.14. The second-order valence-corrected chi connectivity index (χ2v) is 15.4. The van der Waals surface area contributed by atoms with Crippen LogP contribution in [0, 0.1) is 0 Å². The molecule has 2 aromatic heterocycles. The Hall–Kier alpha value is -8.28. The number of rotatable bonds is 6. The molecule has 0 unspecified atom stereocenters. The fraction of sp³-hybridized carbons (Fsp3) is 0.